The molecule has 27 heavy (non-hydrogen) atoms. The SMILES string of the molecule is CCOc1ccccc1NC(=O)CCN(C(C)=O)c1ccccc1OCC. The van der Waals surface area contributed by atoms with Crippen LogP contribution in [0.1, 0.15) is 27.2 Å². The molecule has 1 N–H and O–H groups in total. The van der Waals surface area contributed by atoms with Crippen molar-refractivity contribution >= 4 is 23.2 Å². The Morgan fingerprint density at radius 2 is 1.52 bits per heavy atom. The van der Waals surface area contributed by atoms with Crippen molar-refractivity contribution in [3.63, 3.8) is 0 Å². The molecule has 0 aromatic heterocycles. The van der Waals surface area contributed by atoms with E-state index in [1.807, 2.05) is 50.2 Å². The van der Waals surface area contributed by atoms with Gasteiger partial charge < -0.3 is 19.7 Å². The van der Waals surface area contributed by atoms with Crippen LogP contribution in [0.2, 0.25) is 0 Å². The van der Waals surface area contributed by atoms with E-state index in [0.717, 1.165) is 0 Å². The Morgan fingerprint density at radius 1 is 0.926 bits per heavy atom. The van der Waals surface area contributed by atoms with Gasteiger partial charge in [-0.1, -0.05) is 24.3 Å². The van der Waals surface area contributed by atoms with E-state index >= 15 is 0 Å². The van der Waals surface area contributed by atoms with E-state index in [9.17, 15) is 9.59 Å². The lowest BCUT2D eigenvalue weighted by atomic mass is 10.2. The third kappa shape index (κ3) is 5.74. The number of carbonyl (C=O) groups is 2. The van der Waals surface area contributed by atoms with Crippen LogP contribution in [0.15, 0.2) is 48.5 Å². The number of rotatable bonds is 9. The summed E-state index contributed by atoms with van der Waals surface area (Å²) in [6.07, 6.45) is 0.153. The molecule has 0 atom stereocenters. The van der Waals surface area contributed by atoms with Gasteiger partial charge in [0.2, 0.25) is 11.8 Å². The highest BCUT2D eigenvalue weighted by Gasteiger charge is 2.17. The van der Waals surface area contributed by atoms with Crippen LogP contribution < -0.4 is 19.7 Å². The van der Waals surface area contributed by atoms with Crippen molar-refractivity contribution < 1.29 is 19.1 Å². The normalized spacial score (nSPS) is 10.2. The molecule has 6 nitrogen and oxygen atoms in total. The third-order valence-electron chi connectivity index (χ3n) is 3.86. The Hall–Kier alpha value is -3.02. The molecule has 0 aliphatic carbocycles. The minimum Gasteiger partial charge on any atom is -0.492 e. The van der Waals surface area contributed by atoms with Crippen molar-refractivity contribution in [2.45, 2.75) is 27.2 Å². The second-order valence-electron chi connectivity index (χ2n) is 5.80. The van der Waals surface area contributed by atoms with Gasteiger partial charge in [0.1, 0.15) is 11.5 Å². The molecule has 0 radical (unpaired) electrons. The molecule has 0 unspecified atom stereocenters. The van der Waals surface area contributed by atoms with E-state index in [2.05, 4.69) is 5.32 Å². The minimum absolute atomic E-state index is 0.148. The summed E-state index contributed by atoms with van der Waals surface area (Å²) in [6.45, 7) is 6.51. The van der Waals surface area contributed by atoms with Crippen LogP contribution in [0.25, 0.3) is 0 Å². The van der Waals surface area contributed by atoms with Crippen LogP contribution in [0, 0.1) is 0 Å². The predicted molar refractivity (Wildman–Crippen MR) is 106 cm³/mol. The Morgan fingerprint density at radius 3 is 2.19 bits per heavy atom. The smallest absolute Gasteiger partial charge is 0.226 e. The third-order valence-corrected chi connectivity index (χ3v) is 3.86. The molecule has 0 saturated carbocycles. The fraction of sp³-hybridized carbons (Fsp3) is 0.333. The molecule has 6 heteroatoms. The number of benzene rings is 2. The van der Waals surface area contributed by atoms with Gasteiger partial charge in [-0.3, -0.25) is 9.59 Å². The maximum atomic E-state index is 12.4. The van der Waals surface area contributed by atoms with Crippen LogP contribution in [0.4, 0.5) is 11.4 Å². The van der Waals surface area contributed by atoms with Crippen molar-refractivity contribution in [3.05, 3.63) is 48.5 Å². The van der Waals surface area contributed by atoms with Crippen molar-refractivity contribution in [1.29, 1.82) is 0 Å². The van der Waals surface area contributed by atoms with Gasteiger partial charge in [0.05, 0.1) is 24.6 Å². The number of carbonyl (C=O) groups excluding carboxylic acids is 2. The first-order valence-electron chi connectivity index (χ1n) is 9.08. The molecular weight excluding hydrogens is 344 g/mol. The average Bonchev–Trinajstić information content (AvgIpc) is 2.65. The molecule has 0 saturated heterocycles. The second kappa shape index (κ2) is 10.2. The van der Waals surface area contributed by atoms with Crippen molar-refractivity contribution in [1.82, 2.24) is 0 Å². The number of anilines is 2. The Kier molecular flexibility index (Phi) is 7.67. The quantitative estimate of drug-likeness (QED) is 0.728. The zero-order valence-corrected chi connectivity index (χ0v) is 16.0. The summed E-state index contributed by atoms with van der Waals surface area (Å²) < 4.78 is 11.1. The van der Waals surface area contributed by atoms with Crippen LogP contribution >= 0.6 is 0 Å². The molecular formula is C21H26N2O4. The summed E-state index contributed by atoms with van der Waals surface area (Å²) in [5.41, 5.74) is 1.28. The van der Waals surface area contributed by atoms with Gasteiger partial charge in [-0.15, -0.1) is 0 Å². The summed E-state index contributed by atoms with van der Waals surface area (Å²) in [6, 6.07) is 14.6. The standard InChI is InChI=1S/C21H26N2O4/c1-4-26-19-12-8-6-10-17(19)22-21(25)14-15-23(16(3)24)18-11-7-9-13-20(18)27-5-2/h6-13H,4-5,14-15H2,1-3H3,(H,22,25). The monoisotopic (exact) mass is 370 g/mol. The van der Waals surface area contributed by atoms with Gasteiger partial charge in [-0.05, 0) is 38.1 Å². The molecule has 0 bridgehead atoms. The van der Waals surface area contributed by atoms with Crippen LogP contribution in [-0.4, -0.2) is 31.6 Å². The van der Waals surface area contributed by atoms with E-state index in [1.54, 1.807) is 17.0 Å². The minimum atomic E-state index is -0.192. The van der Waals surface area contributed by atoms with E-state index < -0.39 is 0 Å². The molecule has 0 fully saturated rings. The Balaban J connectivity index is 2.07. The lowest BCUT2D eigenvalue weighted by Gasteiger charge is -2.23. The van der Waals surface area contributed by atoms with Crippen molar-refractivity contribution in [2.75, 3.05) is 30.0 Å². The maximum Gasteiger partial charge on any atom is 0.226 e. The molecule has 0 heterocycles. The van der Waals surface area contributed by atoms with Crippen LogP contribution in [0.5, 0.6) is 11.5 Å². The zero-order valence-electron chi connectivity index (χ0n) is 16.0. The fourth-order valence-electron chi connectivity index (χ4n) is 2.68. The average molecular weight is 370 g/mol. The summed E-state index contributed by atoms with van der Waals surface area (Å²) in [4.78, 5) is 26.1. The Labute approximate surface area is 160 Å². The first-order valence-corrected chi connectivity index (χ1v) is 9.08. The fourth-order valence-corrected chi connectivity index (χ4v) is 2.68. The number of hydrogen-bond acceptors (Lipinski definition) is 4. The second-order valence-corrected chi connectivity index (χ2v) is 5.80. The van der Waals surface area contributed by atoms with Crippen LogP contribution in [-0.2, 0) is 9.59 Å². The van der Waals surface area contributed by atoms with Gasteiger partial charge in [0, 0.05) is 19.9 Å². The number of amides is 2. The highest BCUT2D eigenvalue weighted by atomic mass is 16.5. The number of para-hydroxylation sites is 4. The molecule has 0 spiro atoms. The topological polar surface area (TPSA) is 67.9 Å². The summed E-state index contributed by atoms with van der Waals surface area (Å²) in [5.74, 6) is 0.905. The molecule has 0 aliphatic rings. The van der Waals surface area contributed by atoms with Crippen molar-refractivity contribution in [2.24, 2.45) is 0 Å². The molecule has 2 aromatic rings. The highest BCUT2D eigenvalue weighted by Crippen LogP contribution is 2.28. The summed E-state index contributed by atoms with van der Waals surface area (Å²) in [7, 11) is 0. The lowest BCUT2D eigenvalue weighted by molar-refractivity contribution is -0.117. The maximum absolute atomic E-state index is 12.4. The lowest BCUT2D eigenvalue weighted by Crippen LogP contribution is -2.32. The van der Waals surface area contributed by atoms with Gasteiger partial charge >= 0.3 is 0 Å². The molecule has 0 aliphatic heterocycles. The highest BCUT2D eigenvalue weighted by molar-refractivity contribution is 5.96. The molecule has 2 rings (SSSR count). The van der Waals surface area contributed by atoms with Crippen LogP contribution in [0.3, 0.4) is 0 Å². The molecule has 2 amide bonds. The summed E-state index contributed by atoms with van der Waals surface area (Å²) in [5, 5.41) is 2.85. The summed E-state index contributed by atoms with van der Waals surface area (Å²) >= 11 is 0. The van der Waals surface area contributed by atoms with E-state index in [0.29, 0.717) is 36.1 Å². The van der Waals surface area contributed by atoms with Gasteiger partial charge in [-0.25, -0.2) is 0 Å². The number of nitrogens with one attached hydrogen (secondary N) is 1. The molecule has 144 valence electrons. The van der Waals surface area contributed by atoms with Gasteiger partial charge in [0.15, 0.2) is 0 Å². The van der Waals surface area contributed by atoms with E-state index in [-0.39, 0.29) is 24.8 Å². The number of nitrogens with zero attached hydrogens (tertiary/aromatic N) is 1. The van der Waals surface area contributed by atoms with E-state index in [1.165, 1.54) is 6.92 Å². The number of hydrogen-bond donors (Lipinski definition) is 1. The first kappa shape index (κ1) is 20.3. The van der Waals surface area contributed by atoms with Crippen molar-refractivity contribution in [3.8, 4) is 11.5 Å². The Bertz CT molecular complexity index is 776. The van der Waals surface area contributed by atoms with Gasteiger partial charge in [-0.2, -0.15) is 0 Å². The zero-order chi connectivity index (χ0) is 19.6. The predicted octanol–water partition coefficient (Wildman–Crippen LogP) is 3.87. The molecule has 2 aromatic carbocycles. The first-order chi connectivity index (χ1) is 13.1. The van der Waals surface area contributed by atoms with E-state index in [4.69, 9.17) is 9.47 Å². The largest absolute Gasteiger partial charge is 0.492 e. The number of ether oxygens (including phenoxy) is 2. The van der Waals surface area contributed by atoms with Gasteiger partial charge in [0.25, 0.3) is 0 Å².